The zero-order valence-electron chi connectivity index (χ0n) is 15.4. The summed E-state index contributed by atoms with van der Waals surface area (Å²) in [5.74, 6) is 0.386. The molecular weight excluding hydrogens is 346 g/mol. The van der Waals surface area contributed by atoms with Gasteiger partial charge in [-0.3, -0.25) is 9.78 Å². The summed E-state index contributed by atoms with van der Waals surface area (Å²) < 4.78 is 0. The van der Waals surface area contributed by atoms with Crippen molar-refractivity contribution in [2.75, 3.05) is 10.6 Å². The Labute approximate surface area is 164 Å². The van der Waals surface area contributed by atoms with Crippen LogP contribution in [-0.2, 0) is 4.79 Å². The predicted octanol–water partition coefficient (Wildman–Crippen LogP) is 5.06. The molecule has 2 aliphatic rings. The maximum Gasteiger partial charge on any atom is 0.163 e. The van der Waals surface area contributed by atoms with Crippen LogP contribution in [0.2, 0.25) is 0 Å². The molecule has 0 saturated carbocycles. The third-order valence-electron chi connectivity index (χ3n) is 5.60. The van der Waals surface area contributed by atoms with E-state index in [4.69, 9.17) is 0 Å². The van der Waals surface area contributed by atoms with E-state index < -0.39 is 0 Å². The molecule has 0 fully saturated rings. The van der Waals surface area contributed by atoms with Crippen molar-refractivity contribution in [3.05, 3.63) is 102 Å². The number of benzene rings is 2. The van der Waals surface area contributed by atoms with Crippen LogP contribution in [0.1, 0.15) is 35.9 Å². The Morgan fingerprint density at radius 2 is 1.57 bits per heavy atom. The number of hydrogen-bond acceptors (Lipinski definition) is 4. The first-order valence-corrected chi connectivity index (χ1v) is 9.63. The van der Waals surface area contributed by atoms with Gasteiger partial charge in [0.05, 0.1) is 17.4 Å². The number of nitrogens with one attached hydrogen (secondary N) is 2. The molecule has 0 unspecified atom stereocenters. The second kappa shape index (κ2) is 6.97. The predicted molar refractivity (Wildman–Crippen MR) is 111 cm³/mol. The van der Waals surface area contributed by atoms with Gasteiger partial charge in [0.25, 0.3) is 0 Å². The minimum Gasteiger partial charge on any atom is -0.372 e. The number of para-hydroxylation sites is 2. The number of allylic oxidation sites excluding steroid dienone is 1. The van der Waals surface area contributed by atoms with Crippen molar-refractivity contribution in [1.82, 2.24) is 4.98 Å². The fourth-order valence-electron chi connectivity index (χ4n) is 4.25. The van der Waals surface area contributed by atoms with E-state index in [-0.39, 0.29) is 17.7 Å². The molecule has 2 N–H and O–H groups in total. The van der Waals surface area contributed by atoms with Crippen molar-refractivity contribution in [2.24, 2.45) is 0 Å². The summed E-state index contributed by atoms with van der Waals surface area (Å²) in [4.78, 5) is 17.6. The fraction of sp³-hybridized carbons (Fsp3) is 0.167. The molecule has 1 aliphatic heterocycles. The average molecular weight is 367 g/mol. The molecule has 0 saturated heterocycles. The molecule has 5 rings (SSSR count). The van der Waals surface area contributed by atoms with Crippen molar-refractivity contribution < 1.29 is 4.79 Å². The van der Waals surface area contributed by atoms with Crippen LogP contribution in [0.15, 0.2) is 90.4 Å². The molecule has 0 radical (unpaired) electrons. The Morgan fingerprint density at radius 3 is 2.36 bits per heavy atom. The van der Waals surface area contributed by atoms with Gasteiger partial charge in [-0.15, -0.1) is 0 Å². The summed E-state index contributed by atoms with van der Waals surface area (Å²) >= 11 is 0. The number of pyridine rings is 1. The lowest BCUT2D eigenvalue weighted by Gasteiger charge is -2.29. The molecule has 138 valence electrons. The molecule has 0 amide bonds. The van der Waals surface area contributed by atoms with Crippen LogP contribution in [0.3, 0.4) is 0 Å². The number of carbonyl (C=O) groups excluding carboxylic acids is 1. The van der Waals surface area contributed by atoms with Gasteiger partial charge in [0.15, 0.2) is 5.78 Å². The topological polar surface area (TPSA) is 54.0 Å². The first kappa shape index (κ1) is 16.8. The number of carbonyl (C=O) groups is 1. The number of anilines is 2. The standard InChI is InChI=1S/C24H21N3O/c28-22-14-18(16-7-2-1-3-8-16)13-21-23(22)24(17-9-6-12-25-15-17)27-20-11-5-4-10-19(20)26-21/h1-12,15,18,24,26-27H,13-14H2/t18-,24-/m1/s1. The minimum absolute atomic E-state index is 0.191. The van der Waals surface area contributed by atoms with Gasteiger partial charge in [-0.2, -0.15) is 0 Å². The second-order valence-corrected chi connectivity index (χ2v) is 7.37. The number of ketones is 1. The third-order valence-corrected chi connectivity index (χ3v) is 5.60. The summed E-state index contributed by atoms with van der Waals surface area (Å²) in [6.45, 7) is 0. The lowest BCUT2D eigenvalue weighted by molar-refractivity contribution is -0.116. The van der Waals surface area contributed by atoms with E-state index in [0.717, 1.165) is 34.6 Å². The van der Waals surface area contributed by atoms with Gasteiger partial charge in [0, 0.05) is 30.1 Å². The van der Waals surface area contributed by atoms with Gasteiger partial charge in [-0.25, -0.2) is 0 Å². The third kappa shape index (κ3) is 2.97. The van der Waals surface area contributed by atoms with E-state index in [9.17, 15) is 4.79 Å². The van der Waals surface area contributed by atoms with E-state index in [2.05, 4.69) is 33.8 Å². The van der Waals surface area contributed by atoms with E-state index >= 15 is 0 Å². The van der Waals surface area contributed by atoms with E-state index in [0.29, 0.717) is 6.42 Å². The minimum atomic E-state index is -0.205. The number of fused-ring (bicyclic) bond motifs is 1. The van der Waals surface area contributed by atoms with E-state index in [1.54, 1.807) is 6.20 Å². The lowest BCUT2D eigenvalue weighted by Crippen LogP contribution is -2.26. The summed E-state index contributed by atoms with van der Waals surface area (Å²) in [6.07, 6.45) is 4.94. The van der Waals surface area contributed by atoms with Crippen molar-refractivity contribution in [2.45, 2.75) is 24.8 Å². The molecule has 4 heteroatoms. The molecule has 2 atom stereocenters. The highest BCUT2D eigenvalue weighted by Crippen LogP contribution is 2.43. The number of hydrogen-bond donors (Lipinski definition) is 2. The summed E-state index contributed by atoms with van der Waals surface area (Å²) in [7, 11) is 0. The number of rotatable bonds is 2. The van der Waals surface area contributed by atoms with Crippen molar-refractivity contribution in [1.29, 1.82) is 0 Å². The summed E-state index contributed by atoms with van der Waals surface area (Å²) in [5, 5.41) is 7.15. The molecule has 1 aliphatic carbocycles. The van der Waals surface area contributed by atoms with Gasteiger partial charge in [-0.05, 0) is 41.7 Å². The number of Topliss-reactive ketones (excluding diaryl/α,β-unsaturated/α-hetero) is 1. The highest BCUT2D eigenvalue weighted by molar-refractivity contribution is 6.01. The highest BCUT2D eigenvalue weighted by atomic mass is 16.1. The van der Waals surface area contributed by atoms with Crippen molar-refractivity contribution in [3.8, 4) is 0 Å². The molecule has 2 heterocycles. The first-order chi connectivity index (χ1) is 13.8. The smallest absolute Gasteiger partial charge is 0.163 e. The zero-order chi connectivity index (χ0) is 18.9. The summed E-state index contributed by atoms with van der Waals surface area (Å²) in [6, 6.07) is 22.2. The molecule has 0 bridgehead atoms. The number of nitrogens with zero attached hydrogens (tertiary/aromatic N) is 1. The lowest BCUT2D eigenvalue weighted by atomic mass is 9.79. The largest absolute Gasteiger partial charge is 0.372 e. The second-order valence-electron chi connectivity index (χ2n) is 7.37. The van der Waals surface area contributed by atoms with Gasteiger partial charge < -0.3 is 10.6 Å². The zero-order valence-corrected chi connectivity index (χ0v) is 15.4. The van der Waals surface area contributed by atoms with Crippen LogP contribution in [0.25, 0.3) is 0 Å². The quantitative estimate of drug-likeness (QED) is 0.665. The van der Waals surface area contributed by atoms with Crippen LogP contribution >= 0.6 is 0 Å². The van der Waals surface area contributed by atoms with E-state index in [1.165, 1.54) is 5.56 Å². The van der Waals surface area contributed by atoms with Crippen molar-refractivity contribution >= 4 is 17.2 Å². The van der Waals surface area contributed by atoms with Crippen LogP contribution in [-0.4, -0.2) is 10.8 Å². The Hall–Kier alpha value is -3.40. The molecule has 4 nitrogen and oxygen atoms in total. The van der Waals surface area contributed by atoms with Crippen LogP contribution in [0.5, 0.6) is 0 Å². The number of aromatic nitrogens is 1. The maximum atomic E-state index is 13.3. The molecule has 0 spiro atoms. The average Bonchev–Trinajstić information content (AvgIpc) is 2.92. The van der Waals surface area contributed by atoms with Gasteiger partial charge in [0.1, 0.15) is 0 Å². The molecule has 1 aromatic heterocycles. The monoisotopic (exact) mass is 367 g/mol. The van der Waals surface area contributed by atoms with Crippen LogP contribution in [0.4, 0.5) is 11.4 Å². The van der Waals surface area contributed by atoms with Crippen LogP contribution < -0.4 is 10.6 Å². The van der Waals surface area contributed by atoms with Gasteiger partial charge in [0.2, 0.25) is 0 Å². The molecular formula is C24H21N3O. The van der Waals surface area contributed by atoms with E-state index in [1.807, 2.05) is 54.7 Å². The first-order valence-electron chi connectivity index (χ1n) is 9.63. The van der Waals surface area contributed by atoms with Crippen molar-refractivity contribution in [3.63, 3.8) is 0 Å². The normalized spacial score (nSPS) is 21.1. The molecule has 2 aromatic carbocycles. The van der Waals surface area contributed by atoms with Crippen LogP contribution in [0, 0.1) is 0 Å². The maximum absolute atomic E-state index is 13.3. The Morgan fingerprint density at radius 1 is 0.821 bits per heavy atom. The van der Waals surface area contributed by atoms with Gasteiger partial charge in [-0.1, -0.05) is 48.5 Å². The molecule has 28 heavy (non-hydrogen) atoms. The fourth-order valence-corrected chi connectivity index (χ4v) is 4.25. The summed E-state index contributed by atoms with van der Waals surface area (Å²) in [5.41, 5.74) is 6.05. The SMILES string of the molecule is O=C1C[C@H](c2ccccc2)CC2=C1[C@@H](c1cccnc1)Nc1ccccc1N2. The Balaban J connectivity index is 1.62. The Kier molecular flexibility index (Phi) is 4.17. The highest BCUT2D eigenvalue weighted by Gasteiger charge is 2.35. The molecule has 3 aromatic rings. The Bertz CT molecular complexity index is 1040. The van der Waals surface area contributed by atoms with Gasteiger partial charge >= 0.3 is 0 Å².